The van der Waals surface area contributed by atoms with Gasteiger partial charge in [-0.25, -0.2) is 0 Å². The molecule has 2 fully saturated rings. The SMILES string of the molecule is CC(=O)N1C[C@@H]2C[C@H]1C[C@H]2C(C)C. The molecule has 1 aliphatic carbocycles. The van der Waals surface area contributed by atoms with E-state index in [2.05, 4.69) is 18.7 Å². The molecule has 2 heteroatoms. The van der Waals surface area contributed by atoms with Gasteiger partial charge in [-0.2, -0.15) is 0 Å². The first kappa shape index (κ1) is 9.04. The third-order valence-corrected chi connectivity index (χ3v) is 3.86. The zero-order valence-corrected chi connectivity index (χ0v) is 8.79. The van der Waals surface area contributed by atoms with Crippen molar-refractivity contribution < 1.29 is 4.79 Å². The Morgan fingerprint density at radius 3 is 2.46 bits per heavy atom. The minimum absolute atomic E-state index is 0.273. The summed E-state index contributed by atoms with van der Waals surface area (Å²) in [6.45, 7) is 7.35. The lowest BCUT2D eigenvalue weighted by Crippen LogP contribution is -2.39. The normalized spacial score (nSPS) is 37.5. The van der Waals surface area contributed by atoms with Gasteiger partial charge in [-0.3, -0.25) is 4.79 Å². The first-order chi connectivity index (χ1) is 6.09. The lowest BCUT2D eigenvalue weighted by molar-refractivity contribution is -0.131. The van der Waals surface area contributed by atoms with Crippen molar-refractivity contribution >= 4 is 5.91 Å². The molecule has 3 atom stereocenters. The predicted octanol–water partition coefficient (Wildman–Crippen LogP) is 1.90. The first-order valence-corrected chi connectivity index (χ1v) is 5.36. The third-order valence-electron chi connectivity index (χ3n) is 3.86. The standard InChI is InChI=1S/C11H19NO/c1-7(2)11-5-10-4-9(11)6-12(10)8(3)13/h7,9-11H,4-6H2,1-3H3/t9-,10-,11-/m0/s1. The van der Waals surface area contributed by atoms with Crippen molar-refractivity contribution in [2.24, 2.45) is 17.8 Å². The highest BCUT2D eigenvalue weighted by atomic mass is 16.2. The minimum atomic E-state index is 0.273. The van der Waals surface area contributed by atoms with Gasteiger partial charge in [-0.1, -0.05) is 13.8 Å². The van der Waals surface area contributed by atoms with Gasteiger partial charge in [0.25, 0.3) is 0 Å². The van der Waals surface area contributed by atoms with E-state index in [-0.39, 0.29) is 5.91 Å². The van der Waals surface area contributed by atoms with Crippen LogP contribution in [0, 0.1) is 17.8 Å². The van der Waals surface area contributed by atoms with Crippen LogP contribution >= 0.6 is 0 Å². The molecule has 74 valence electrons. The number of piperidine rings is 1. The fraction of sp³-hybridized carbons (Fsp3) is 0.909. The highest BCUT2D eigenvalue weighted by Gasteiger charge is 2.46. The maximum atomic E-state index is 11.2. The lowest BCUT2D eigenvalue weighted by Gasteiger charge is -2.32. The monoisotopic (exact) mass is 181 g/mol. The highest BCUT2D eigenvalue weighted by Crippen LogP contribution is 2.45. The van der Waals surface area contributed by atoms with Gasteiger partial charge in [-0.15, -0.1) is 0 Å². The Morgan fingerprint density at radius 1 is 1.38 bits per heavy atom. The van der Waals surface area contributed by atoms with Gasteiger partial charge in [0.15, 0.2) is 0 Å². The van der Waals surface area contributed by atoms with Gasteiger partial charge < -0.3 is 4.90 Å². The van der Waals surface area contributed by atoms with E-state index in [1.54, 1.807) is 6.92 Å². The van der Waals surface area contributed by atoms with Crippen molar-refractivity contribution in [2.45, 2.75) is 39.7 Å². The van der Waals surface area contributed by atoms with Gasteiger partial charge in [-0.05, 0) is 30.6 Å². The highest BCUT2D eigenvalue weighted by molar-refractivity contribution is 5.74. The van der Waals surface area contributed by atoms with Crippen LogP contribution in [0.5, 0.6) is 0 Å². The Morgan fingerprint density at radius 2 is 2.08 bits per heavy atom. The van der Waals surface area contributed by atoms with E-state index in [4.69, 9.17) is 0 Å². The number of rotatable bonds is 1. The van der Waals surface area contributed by atoms with Crippen molar-refractivity contribution in [3.63, 3.8) is 0 Å². The van der Waals surface area contributed by atoms with Crippen LogP contribution in [0.25, 0.3) is 0 Å². The molecule has 0 unspecified atom stereocenters. The van der Waals surface area contributed by atoms with E-state index in [9.17, 15) is 4.79 Å². The number of amides is 1. The van der Waals surface area contributed by atoms with Crippen LogP contribution in [0.1, 0.15) is 33.6 Å². The van der Waals surface area contributed by atoms with Crippen molar-refractivity contribution in [1.29, 1.82) is 0 Å². The first-order valence-electron chi connectivity index (χ1n) is 5.36. The molecule has 0 aromatic rings. The predicted molar refractivity (Wildman–Crippen MR) is 52.2 cm³/mol. The van der Waals surface area contributed by atoms with Crippen LogP contribution in [0.2, 0.25) is 0 Å². The molecule has 2 aliphatic rings. The van der Waals surface area contributed by atoms with Crippen molar-refractivity contribution in [3.05, 3.63) is 0 Å². The van der Waals surface area contributed by atoms with Crippen LogP contribution in [0.4, 0.5) is 0 Å². The summed E-state index contributed by atoms with van der Waals surface area (Å²) in [4.78, 5) is 13.3. The third kappa shape index (κ3) is 1.36. The molecule has 0 spiro atoms. The molecule has 1 saturated carbocycles. The van der Waals surface area contributed by atoms with E-state index < -0.39 is 0 Å². The number of nitrogens with zero attached hydrogens (tertiary/aromatic N) is 1. The summed E-state index contributed by atoms with van der Waals surface area (Å²) in [6, 6.07) is 0.579. The summed E-state index contributed by atoms with van der Waals surface area (Å²) in [5.74, 6) is 2.74. The number of carbonyl (C=O) groups excluding carboxylic acids is 1. The molecule has 13 heavy (non-hydrogen) atoms. The molecule has 1 amide bonds. The van der Waals surface area contributed by atoms with Gasteiger partial charge in [0, 0.05) is 19.5 Å². The maximum absolute atomic E-state index is 11.2. The Kier molecular flexibility index (Phi) is 2.09. The summed E-state index contributed by atoms with van der Waals surface area (Å²) in [6.07, 6.45) is 2.52. The van der Waals surface area contributed by atoms with Crippen LogP contribution in [0.15, 0.2) is 0 Å². The fourth-order valence-electron chi connectivity index (χ4n) is 3.20. The average molecular weight is 181 g/mol. The number of hydrogen-bond acceptors (Lipinski definition) is 1. The molecule has 0 radical (unpaired) electrons. The van der Waals surface area contributed by atoms with E-state index in [1.165, 1.54) is 12.8 Å². The Hall–Kier alpha value is -0.530. The second-order valence-corrected chi connectivity index (χ2v) is 4.96. The van der Waals surface area contributed by atoms with Crippen molar-refractivity contribution in [2.75, 3.05) is 6.54 Å². The minimum Gasteiger partial charge on any atom is -0.340 e. The number of likely N-dealkylation sites (tertiary alicyclic amines) is 1. The molecule has 0 N–H and O–H groups in total. The molecule has 1 saturated heterocycles. The quantitative estimate of drug-likeness (QED) is 0.605. The molecule has 0 aromatic carbocycles. The van der Waals surface area contributed by atoms with E-state index >= 15 is 0 Å². The fourth-order valence-corrected chi connectivity index (χ4v) is 3.20. The number of hydrogen-bond donors (Lipinski definition) is 0. The second kappa shape index (κ2) is 3.00. The van der Waals surface area contributed by atoms with E-state index in [1.807, 2.05) is 0 Å². The molecular formula is C11H19NO. The summed E-state index contributed by atoms with van der Waals surface area (Å²) in [5.41, 5.74) is 0. The van der Waals surface area contributed by atoms with Crippen LogP contribution in [0.3, 0.4) is 0 Å². The molecule has 0 aromatic heterocycles. The van der Waals surface area contributed by atoms with Crippen LogP contribution in [-0.2, 0) is 4.79 Å². The molecule has 1 aliphatic heterocycles. The van der Waals surface area contributed by atoms with Crippen molar-refractivity contribution in [3.8, 4) is 0 Å². The zero-order chi connectivity index (χ0) is 9.59. The summed E-state index contributed by atoms with van der Waals surface area (Å²) in [5, 5.41) is 0. The summed E-state index contributed by atoms with van der Waals surface area (Å²) in [7, 11) is 0. The molecule has 1 heterocycles. The summed E-state index contributed by atoms with van der Waals surface area (Å²) >= 11 is 0. The number of fused-ring (bicyclic) bond motifs is 2. The van der Waals surface area contributed by atoms with Gasteiger partial charge in [0.1, 0.15) is 0 Å². The number of carbonyl (C=O) groups is 1. The zero-order valence-electron chi connectivity index (χ0n) is 8.79. The largest absolute Gasteiger partial charge is 0.340 e. The van der Waals surface area contributed by atoms with Crippen LogP contribution < -0.4 is 0 Å². The average Bonchev–Trinajstić information content (AvgIpc) is 2.60. The molecule has 2 bridgehead atoms. The second-order valence-electron chi connectivity index (χ2n) is 4.96. The molecule has 2 nitrogen and oxygen atoms in total. The van der Waals surface area contributed by atoms with Gasteiger partial charge in [0.05, 0.1) is 0 Å². The van der Waals surface area contributed by atoms with Gasteiger partial charge >= 0.3 is 0 Å². The smallest absolute Gasteiger partial charge is 0.219 e. The molecule has 2 rings (SSSR count). The van der Waals surface area contributed by atoms with E-state index in [0.717, 1.165) is 24.3 Å². The van der Waals surface area contributed by atoms with Crippen LogP contribution in [-0.4, -0.2) is 23.4 Å². The Labute approximate surface area is 80.3 Å². The van der Waals surface area contributed by atoms with E-state index in [0.29, 0.717) is 6.04 Å². The Bertz CT molecular complexity index is 224. The summed E-state index contributed by atoms with van der Waals surface area (Å²) < 4.78 is 0. The molecular weight excluding hydrogens is 162 g/mol. The van der Waals surface area contributed by atoms with Crippen molar-refractivity contribution in [1.82, 2.24) is 4.90 Å². The lowest BCUT2D eigenvalue weighted by atomic mass is 9.85. The van der Waals surface area contributed by atoms with Gasteiger partial charge in [0.2, 0.25) is 5.91 Å². The maximum Gasteiger partial charge on any atom is 0.219 e. The topological polar surface area (TPSA) is 20.3 Å². The Balaban J connectivity index is 2.03.